The first-order chi connectivity index (χ1) is 20.2. The van der Waals surface area contributed by atoms with E-state index in [1.807, 2.05) is 0 Å². The molecule has 0 aliphatic heterocycles. The molecule has 9 nitrogen and oxygen atoms in total. The van der Waals surface area contributed by atoms with Crippen LogP contribution in [-0.4, -0.2) is 48.3 Å². The molecule has 0 bridgehead atoms. The smallest absolute Gasteiger partial charge is 0.315 e. The third-order valence-electron chi connectivity index (χ3n) is 6.79. The molecule has 3 rings (SSSR count). The second kappa shape index (κ2) is 14.0. The highest BCUT2D eigenvalue weighted by atomic mass is 35.5. The number of allylic oxidation sites excluding steroid dienone is 3. The Kier molecular flexibility index (Phi) is 10.9. The van der Waals surface area contributed by atoms with Crippen molar-refractivity contribution in [3.63, 3.8) is 0 Å². The Hall–Kier alpha value is -3.96. The summed E-state index contributed by atoms with van der Waals surface area (Å²) in [4.78, 5) is 29.9. The molecule has 1 aliphatic carbocycles. The number of urea groups is 1. The molecule has 232 valence electrons. The molecule has 1 aliphatic rings. The highest BCUT2D eigenvalue weighted by Gasteiger charge is 2.38. The van der Waals surface area contributed by atoms with E-state index in [1.165, 1.54) is 31.4 Å². The summed E-state index contributed by atoms with van der Waals surface area (Å²) in [6.45, 7) is 9.82. The van der Waals surface area contributed by atoms with E-state index in [0.29, 0.717) is 29.2 Å². The average molecular weight is 619 g/mol. The lowest BCUT2D eigenvalue weighted by atomic mass is 9.88. The van der Waals surface area contributed by atoms with Crippen LogP contribution in [0.15, 0.2) is 60.2 Å². The van der Waals surface area contributed by atoms with Crippen LogP contribution < -0.4 is 25.4 Å². The molecule has 3 amide bonds. The number of benzene rings is 1. The van der Waals surface area contributed by atoms with Gasteiger partial charge in [-0.2, -0.15) is 0 Å². The van der Waals surface area contributed by atoms with Crippen molar-refractivity contribution >= 4 is 29.1 Å². The fourth-order valence-electron chi connectivity index (χ4n) is 4.09. The number of rotatable bonds is 13. The molecule has 1 atom stereocenters. The zero-order valence-corrected chi connectivity index (χ0v) is 25.6. The van der Waals surface area contributed by atoms with Crippen LogP contribution in [0.4, 0.5) is 13.6 Å². The van der Waals surface area contributed by atoms with E-state index in [4.69, 9.17) is 21.1 Å². The highest BCUT2D eigenvalue weighted by molar-refractivity contribution is 6.31. The standard InChI is InChI=1S/C31H37ClF2N4O5/c1-7-35-29(40)38-30(4,5)21-14-24(18(2)12-22(32)16-33)37-27(15-21)31(41,19(3)34)17-36-28(39)20-8-11-25(26(13-20)42-6)43-23-9-10-23/h8,11-16,23,41H,3,7,9-10,17H2,1-2,4-6H3,(H,36,39)(H2,35,38,40). The molecule has 1 saturated carbocycles. The molecule has 0 radical (unpaired) electrons. The van der Waals surface area contributed by atoms with Gasteiger partial charge in [0.2, 0.25) is 0 Å². The fraction of sp³-hybridized carbons (Fsp3) is 0.387. The molecule has 12 heteroatoms. The topological polar surface area (TPSA) is 122 Å². The number of ether oxygens (including phenoxy) is 2. The number of carbonyl (C=O) groups is 2. The van der Waals surface area contributed by atoms with Crippen LogP contribution in [0.25, 0.3) is 5.57 Å². The van der Waals surface area contributed by atoms with Gasteiger partial charge < -0.3 is 30.5 Å². The van der Waals surface area contributed by atoms with Crippen LogP contribution >= 0.6 is 11.6 Å². The number of pyridine rings is 1. The lowest BCUT2D eigenvalue weighted by Gasteiger charge is -2.31. The number of nitrogens with zero attached hydrogens (tertiary/aromatic N) is 1. The molecule has 1 aromatic heterocycles. The normalized spacial score (nSPS) is 15.3. The van der Waals surface area contributed by atoms with Gasteiger partial charge in [-0.1, -0.05) is 18.2 Å². The van der Waals surface area contributed by atoms with Crippen LogP contribution in [0.5, 0.6) is 11.5 Å². The number of hydrogen-bond donors (Lipinski definition) is 4. The number of methoxy groups -OCH3 is 1. The molecule has 0 spiro atoms. The lowest BCUT2D eigenvalue weighted by molar-refractivity contribution is 0.0454. The summed E-state index contributed by atoms with van der Waals surface area (Å²) >= 11 is 5.85. The molecule has 4 N–H and O–H groups in total. The summed E-state index contributed by atoms with van der Waals surface area (Å²) in [5.41, 5.74) is -2.54. The second-order valence-corrected chi connectivity index (χ2v) is 11.1. The van der Waals surface area contributed by atoms with Crippen molar-refractivity contribution in [2.45, 2.75) is 57.8 Å². The van der Waals surface area contributed by atoms with E-state index in [0.717, 1.165) is 12.8 Å². The van der Waals surface area contributed by atoms with Gasteiger partial charge in [0.1, 0.15) is 12.2 Å². The van der Waals surface area contributed by atoms with Gasteiger partial charge in [0.15, 0.2) is 17.1 Å². The average Bonchev–Trinajstić information content (AvgIpc) is 3.79. The molecular weight excluding hydrogens is 582 g/mol. The van der Waals surface area contributed by atoms with Crippen molar-refractivity contribution in [2.24, 2.45) is 0 Å². The summed E-state index contributed by atoms with van der Waals surface area (Å²) in [5, 5.41) is 19.4. The molecule has 1 heterocycles. The number of carbonyl (C=O) groups excluding carboxylic acids is 2. The van der Waals surface area contributed by atoms with Crippen LogP contribution in [-0.2, 0) is 11.1 Å². The van der Waals surface area contributed by atoms with Gasteiger partial charge in [0.05, 0.1) is 41.7 Å². The predicted octanol–water partition coefficient (Wildman–Crippen LogP) is 5.74. The molecule has 2 aromatic rings. The van der Waals surface area contributed by atoms with Crippen molar-refractivity contribution in [3.8, 4) is 11.5 Å². The van der Waals surface area contributed by atoms with Gasteiger partial charge >= 0.3 is 6.03 Å². The minimum Gasteiger partial charge on any atom is -0.493 e. The largest absolute Gasteiger partial charge is 0.493 e. The monoisotopic (exact) mass is 618 g/mol. The number of amides is 3. The van der Waals surface area contributed by atoms with E-state index in [9.17, 15) is 19.1 Å². The van der Waals surface area contributed by atoms with Crippen LogP contribution in [0.2, 0.25) is 0 Å². The number of nitrogens with one attached hydrogen (secondary N) is 3. The summed E-state index contributed by atoms with van der Waals surface area (Å²) in [7, 11) is 1.45. The maximum absolute atomic E-state index is 15.1. The molecular formula is C31H37ClF2N4O5. The van der Waals surface area contributed by atoms with Crippen molar-refractivity contribution in [3.05, 3.63) is 82.7 Å². The van der Waals surface area contributed by atoms with Gasteiger partial charge in [0.25, 0.3) is 5.91 Å². The Bertz CT molecular complexity index is 1440. The first-order valence-corrected chi connectivity index (χ1v) is 14.1. The maximum atomic E-state index is 15.1. The zero-order chi connectivity index (χ0) is 31.9. The molecule has 1 aromatic carbocycles. The Morgan fingerprint density at radius 1 is 1.21 bits per heavy atom. The second-order valence-electron chi connectivity index (χ2n) is 10.7. The van der Waals surface area contributed by atoms with Crippen LogP contribution in [0, 0.1) is 0 Å². The Morgan fingerprint density at radius 3 is 2.49 bits per heavy atom. The quantitative estimate of drug-likeness (QED) is 0.213. The summed E-state index contributed by atoms with van der Waals surface area (Å²) in [6.07, 6.45) is 3.52. The summed E-state index contributed by atoms with van der Waals surface area (Å²) in [5.74, 6) is -0.957. The van der Waals surface area contributed by atoms with Gasteiger partial charge in [-0.25, -0.2) is 18.6 Å². The Morgan fingerprint density at radius 2 is 1.91 bits per heavy atom. The summed E-state index contributed by atoms with van der Waals surface area (Å²) in [6, 6.07) is 7.17. The number of halogens is 3. The first-order valence-electron chi connectivity index (χ1n) is 13.7. The van der Waals surface area contributed by atoms with Crippen molar-refractivity contribution in [2.75, 3.05) is 20.2 Å². The minimum atomic E-state index is -2.48. The molecule has 1 unspecified atom stereocenters. The van der Waals surface area contributed by atoms with Crippen molar-refractivity contribution in [1.29, 1.82) is 0 Å². The van der Waals surface area contributed by atoms with Crippen LogP contribution in [0.1, 0.15) is 67.8 Å². The SMILES string of the molecule is C=C(F)C(O)(CNC(=O)c1ccc(OC2CC2)c(OC)c1)c1cc(C(C)(C)NC(=O)NCC)cc(C(C)=CC(Cl)=CF)n1. The molecule has 1 fully saturated rings. The third-order valence-corrected chi connectivity index (χ3v) is 6.99. The summed E-state index contributed by atoms with van der Waals surface area (Å²) < 4.78 is 39.2. The Labute approximate surface area is 255 Å². The van der Waals surface area contributed by atoms with E-state index in [1.54, 1.807) is 39.8 Å². The van der Waals surface area contributed by atoms with Crippen LogP contribution in [0.3, 0.4) is 0 Å². The van der Waals surface area contributed by atoms with E-state index < -0.39 is 35.4 Å². The molecule has 43 heavy (non-hydrogen) atoms. The van der Waals surface area contributed by atoms with Gasteiger partial charge in [0, 0.05) is 12.1 Å². The van der Waals surface area contributed by atoms with Gasteiger partial charge in [-0.3, -0.25) is 4.79 Å². The Balaban J connectivity index is 1.99. The van der Waals surface area contributed by atoms with E-state index in [-0.39, 0.29) is 34.4 Å². The molecule has 0 saturated heterocycles. The zero-order valence-electron chi connectivity index (χ0n) is 24.8. The van der Waals surface area contributed by atoms with Crippen molar-refractivity contribution < 1.29 is 33.0 Å². The number of hydrogen-bond acceptors (Lipinski definition) is 6. The van der Waals surface area contributed by atoms with Gasteiger partial charge in [-0.15, -0.1) is 0 Å². The maximum Gasteiger partial charge on any atom is 0.315 e. The highest BCUT2D eigenvalue weighted by Crippen LogP contribution is 2.35. The van der Waals surface area contributed by atoms with Gasteiger partial charge in [-0.05, 0) is 88.1 Å². The number of aromatic nitrogens is 1. The van der Waals surface area contributed by atoms with Crippen molar-refractivity contribution in [1.82, 2.24) is 20.9 Å². The predicted molar refractivity (Wildman–Crippen MR) is 161 cm³/mol. The lowest BCUT2D eigenvalue weighted by Crippen LogP contribution is -2.47. The number of aliphatic hydroxyl groups is 1. The fourth-order valence-corrected chi connectivity index (χ4v) is 4.25. The minimum absolute atomic E-state index is 0.121. The van der Waals surface area contributed by atoms with E-state index in [2.05, 4.69) is 27.5 Å². The van der Waals surface area contributed by atoms with E-state index >= 15 is 4.39 Å². The third kappa shape index (κ3) is 8.55. The first kappa shape index (κ1) is 33.5.